The monoisotopic (exact) mass is 392 g/mol. The van der Waals surface area contributed by atoms with Gasteiger partial charge in [0.2, 0.25) is 0 Å². The Hall–Kier alpha value is -0.420. The maximum atomic E-state index is 13.9. The molecule has 2 rings (SSSR count). The second kappa shape index (κ2) is 5.70. The maximum Gasteiger partial charge on any atom is 0.147 e. The average Bonchev–Trinajstić information content (AvgIpc) is 2.35. The summed E-state index contributed by atoms with van der Waals surface area (Å²) >= 11 is 12.4. The van der Waals surface area contributed by atoms with Gasteiger partial charge >= 0.3 is 0 Å². The van der Waals surface area contributed by atoms with E-state index in [9.17, 15) is 9.50 Å². The smallest absolute Gasteiger partial charge is 0.147 e. The zero-order valence-corrected chi connectivity index (χ0v) is 12.9. The van der Waals surface area contributed by atoms with E-state index < -0.39 is 11.9 Å². The van der Waals surface area contributed by atoms with Gasteiger partial charge in [-0.2, -0.15) is 0 Å². The van der Waals surface area contributed by atoms with Gasteiger partial charge in [-0.15, -0.1) is 0 Å². The normalized spacial score (nSPS) is 12.5. The number of rotatable bonds is 2. The van der Waals surface area contributed by atoms with Crippen LogP contribution in [0.4, 0.5) is 4.39 Å². The highest BCUT2D eigenvalue weighted by atomic mass is 79.9. The Morgan fingerprint density at radius 1 is 1.11 bits per heavy atom. The first-order valence-electron chi connectivity index (χ1n) is 5.07. The van der Waals surface area contributed by atoms with Gasteiger partial charge in [0.15, 0.2) is 0 Å². The third-order valence-electron chi connectivity index (χ3n) is 2.53. The van der Waals surface area contributed by atoms with Crippen molar-refractivity contribution in [1.29, 1.82) is 0 Å². The van der Waals surface area contributed by atoms with Crippen LogP contribution in [0, 0.1) is 5.82 Å². The molecular weight excluding hydrogens is 386 g/mol. The summed E-state index contributed by atoms with van der Waals surface area (Å²) in [4.78, 5) is 0. The van der Waals surface area contributed by atoms with Gasteiger partial charge in [0.1, 0.15) is 11.9 Å². The van der Waals surface area contributed by atoms with E-state index in [2.05, 4.69) is 31.9 Å². The van der Waals surface area contributed by atoms with Crippen molar-refractivity contribution < 1.29 is 9.50 Å². The fourth-order valence-corrected chi connectivity index (χ4v) is 2.65. The quantitative estimate of drug-likeness (QED) is 0.753. The van der Waals surface area contributed by atoms with Crippen LogP contribution in [0.5, 0.6) is 0 Å². The molecule has 0 amide bonds. The molecule has 1 atom stereocenters. The van der Waals surface area contributed by atoms with Crippen LogP contribution >= 0.6 is 43.5 Å². The number of aliphatic hydroxyl groups excluding tert-OH is 1. The SMILES string of the molecule is OC(c1cc(Br)ccc1Br)c1cccc(Cl)c1F. The zero-order valence-electron chi connectivity index (χ0n) is 9.00. The minimum absolute atomic E-state index is 0.00216. The molecule has 0 aliphatic heterocycles. The van der Waals surface area contributed by atoms with Gasteiger partial charge in [-0.1, -0.05) is 55.6 Å². The van der Waals surface area contributed by atoms with Gasteiger partial charge < -0.3 is 5.11 Å². The van der Waals surface area contributed by atoms with Crippen LogP contribution in [0.1, 0.15) is 17.2 Å². The minimum atomic E-state index is -1.07. The molecule has 18 heavy (non-hydrogen) atoms. The fraction of sp³-hybridized carbons (Fsp3) is 0.0769. The van der Waals surface area contributed by atoms with Crippen molar-refractivity contribution in [2.24, 2.45) is 0 Å². The molecule has 0 heterocycles. The molecule has 0 spiro atoms. The van der Waals surface area contributed by atoms with Crippen LogP contribution in [0.25, 0.3) is 0 Å². The molecule has 1 nitrogen and oxygen atoms in total. The van der Waals surface area contributed by atoms with Gasteiger partial charge in [-0.05, 0) is 24.3 Å². The van der Waals surface area contributed by atoms with Crippen molar-refractivity contribution >= 4 is 43.5 Å². The molecule has 2 aromatic rings. The molecule has 0 aromatic heterocycles. The number of halogens is 4. The zero-order chi connectivity index (χ0) is 13.3. The Morgan fingerprint density at radius 3 is 2.56 bits per heavy atom. The third-order valence-corrected chi connectivity index (χ3v) is 4.04. The molecule has 1 unspecified atom stereocenters. The molecule has 0 aliphatic rings. The molecular formula is C13H8Br2ClFO. The van der Waals surface area contributed by atoms with E-state index in [4.69, 9.17) is 11.6 Å². The first-order chi connectivity index (χ1) is 8.50. The van der Waals surface area contributed by atoms with E-state index in [-0.39, 0.29) is 10.6 Å². The molecule has 1 N–H and O–H groups in total. The first-order valence-corrected chi connectivity index (χ1v) is 7.04. The summed E-state index contributed by atoms with van der Waals surface area (Å²) in [6.07, 6.45) is -1.07. The van der Waals surface area contributed by atoms with Crippen LogP contribution in [0.2, 0.25) is 5.02 Å². The summed E-state index contributed by atoms with van der Waals surface area (Å²) in [5, 5.41) is 10.3. The van der Waals surface area contributed by atoms with Crippen molar-refractivity contribution in [1.82, 2.24) is 0 Å². The Bertz CT molecular complexity index is 587. The number of hydrogen-bond donors (Lipinski definition) is 1. The van der Waals surface area contributed by atoms with Crippen molar-refractivity contribution in [3.63, 3.8) is 0 Å². The van der Waals surface area contributed by atoms with Crippen molar-refractivity contribution in [3.05, 3.63) is 67.3 Å². The van der Waals surface area contributed by atoms with Gasteiger partial charge in [0.25, 0.3) is 0 Å². The largest absolute Gasteiger partial charge is 0.384 e. The van der Waals surface area contributed by atoms with E-state index >= 15 is 0 Å². The molecule has 0 saturated carbocycles. The number of aliphatic hydroxyl groups is 1. The van der Waals surface area contributed by atoms with Gasteiger partial charge in [0.05, 0.1) is 5.02 Å². The Morgan fingerprint density at radius 2 is 1.83 bits per heavy atom. The minimum Gasteiger partial charge on any atom is -0.384 e. The van der Waals surface area contributed by atoms with Crippen molar-refractivity contribution in [2.75, 3.05) is 0 Å². The molecule has 0 fully saturated rings. The molecule has 0 bridgehead atoms. The molecule has 94 valence electrons. The van der Waals surface area contributed by atoms with E-state index in [1.807, 2.05) is 6.07 Å². The summed E-state index contributed by atoms with van der Waals surface area (Å²) < 4.78 is 15.4. The molecule has 0 saturated heterocycles. The van der Waals surface area contributed by atoms with Crippen molar-refractivity contribution in [3.8, 4) is 0 Å². The lowest BCUT2D eigenvalue weighted by Crippen LogP contribution is -2.04. The lowest BCUT2D eigenvalue weighted by molar-refractivity contribution is 0.214. The lowest BCUT2D eigenvalue weighted by Gasteiger charge is -2.15. The van der Waals surface area contributed by atoms with Gasteiger partial charge in [-0.25, -0.2) is 4.39 Å². The number of benzene rings is 2. The van der Waals surface area contributed by atoms with Gasteiger partial charge in [0, 0.05) is 20.1 Å². The summed E-state index contributed by atoms with van der Waals surface area (Å²) in [5.41, 5.74) is 0.729. The van der Waals surface area contributed by atoms with E-state index in [1.54, 1.807) is 18.2 Å². The standard InChI is InChI=1S/C13H8Br2ClFO/c14-7-4-5-10(15)9(6-7)13(18)8-2-1-3-11(16)12(8)17/h1-6,13,18H. The highest BCUT2D eigenvalue weighted by Crippen LogP contribution is 2.33. The predicted molar refractivity (Wildman–Crippen MR) is 77.3 cm³/mol. The first kappa shape index (κ1) is 14.0. The summed E-state index contributed by atoms with van der Waals surface area (Å²) in [7, 11) is 0. The van der Waals surface area contributed by atoms with Crippen LogP contribution < -0.4 is 0 Å². The van der Waals surface area contributed by atoms with Crippen molar-refractivity contribution in [2.45, 2.75) is 6.10 Å². The highest BCUT2D eigenvalue weighted by Gasteiger charge is 2.19. The maximum absolute atomic E-state index is 13.9. The second-order valence-electron chi connectivity index (χ2n) is 3.71. The van der Waals surface area contributed by atoms with E-state index in [0.29, 0.717) is 10.0 Å². The fourth-order valence-electron chi connectivity index (χ4n) is 1.62. The van der Waals surface area contributed by atoms with Crippen LogP contribution in [0.3, 0.4) is 0 Å². The summed E-state index contributed by atoms with van der Waals surface area (Å²) in [6, 6.07) is 9.91. The Balaban J connectivity index is 2.51. The van der Waals surface area contributed by atoms with E-state index in [1.165, 1.54) is 12.1 Å². The molecule has 0 aliphatic carbocycles. The second-order valence-corrected chi connectivity index (χ2v) is 5.89. The molecule has 0 radical (unpaired) electrons. The molecule has 2 aromatic carbocycles. The number of hydrogen-bond acceptors (Lipinski definition) is 1. The predicted octanol–water partition coefficient (Wildman–Crippen LogP) is 5.09. The summed E-state index contributed by atoms with van der Waals surface area (Å²) in [5.74, 6) is -0.599. The van der Waals surface area contributed by atoms with Crippen LogP contribution in [-0.2, 0) is 0 Å². The van der Waals surface area contributed by atoms with E-state index in [0.717, 1.165) is 4.47 Å². The highest BCUT2D eigenvalue weighted by molar-refractivity contribution is 9.11. The van der Waals surface area contributed by atoms with Crippen LogP contribution in [0.15, 0.2) is 45.3 Å². The summed E-state index contributed by atoms with van der Waals surface area (Å²) in [6.45, 7) is 0. The van der Waals surface area contributed by atoms with Crippen LogP contribution in [-0.4, -0.2) is 5.11 Å². The Kier molecular flexibility index (Phi) is 4.43. The third kappa shape index (κ3) is 2.77. The Labute approximate surface area is 126 Å². The van der Waals surface area contributed by atoms with Gasteiger partial charge in [-0.3, -0.25) is 0 Å². The average molecular weight is 394 g/mol. The lowest BCUT2D eigenvalue weighted by atomic mass is 10.0. The molecule has 5 heteroatoms. The topological polar surface area (TPSA) is 20.2 Å².